The minimum absolute atomic E-state index is 0.954. The molecule has 0 saturated carbocycles. The number of benzene rings is 1. The molecule has 3 rings (SSSR count). The molecule has 0 aliphatic heterocycles. The fourth-order valence-corrected chi connectivity index (χ4v) is 1.96. The lowest BCUT2D eigenvalue weighted by Gasteiger charge is -2.12. The minimum atomic E-state index is 0.954. The summed E-state index contributed by atoms with van der Waals surface area (Å²) in [5.74, 6) is 0.954. The number of hydrogen-bond donors (Lipinski definition) is 0. The van der Waals surface area contributed by atoms with E-state index in [4.69, 9.17) is 0 Å². The monoisotopic (exact) mass is 223 g/mol. The van der Waals surface area contributed by atoms with Gasteiger partial charge in [-0.3, -0.25) is 4.98 Å². The summed E-state index contributed by atoms with van der Waals surface area (Å²) >= 11 is 0. The average Bonchev–Trinajstić information content (AvgIpc) is 2.38. The third-order valence-electron chi connectivity index (χ3n) is 2.88. The van der Waals surface area contributed by atoms with Gasteiger partial charge in [0.05, 0.1) is 11.0 Å². The topological polar surface area (TPSA) is 29.0 Å². The third-order valence-corrected chi connectivity index (χ3v) is 2.88. The predicted octanol–water partition coefficient (Wildman–Crippen LogP) is 2.85. The van der Waals surface area contributed by atoms with Crippen molar-refractivity contribution in [1.29, 1.82) is 0 Å². The molecule has 2 heterocycles. The van der Waals surface area contributed by atoms with E-state index in [0.717, 1.165) is 27.6 Å². The lowest BCUT2D eigenvalue weighted by molar-refractivity contribution is 1.08. The first-order valence-corrected chi connectivity index (χ1v) is 5.57. The Kier molecular flexibility index (Phi) is 2.18. The molecule has 2 aromatic heterocycles. The van der Waals surface area contributed by atoms with Gasteiger partial charge in [-0.2, -0.15) is 0 Å². The Hall–Kier alpha value is -2.16. The zero-order valence-corrected chi connectivity index (χ0v) is 9.88. The molecule has 17 heavy (non-hydrogen) atoms. The lowest BCUT2D eigenvalue weighted by Crippen LogP contribution is -2.10. The second-order valence-corrected chi connectivity index (χ2v) is 4.28. The molecule has 0 aliphatic carbocycles. The highest BCUT2D eigenvalue weighted by Crippen LogP contribution is 2.23. The Morgan fingerprint density at radius 1 is 0.882 bits per heavy atom. The Morgan fingerprint density at radius 2 is 1.59 bits per heavy atom. The largest absolute Gasteiger partial charge is 0.363 e. The molecular formula is C14H13N3. The lowest BCUT2D eigenvalue weighted by atomic mass is 10.1. The van der Waals surface area contributed by atoms with Crippen LogP contribution >= 0.6 is 0 Å². The standard InChI is InChI=1S/C14H13N3/c1-17(2)12-8-7-11-6-5-10-4-3-9-15-13(10)14(11)16-12/h3-9H,1-2H3. The highest BCUT2D eigenvalue weighted by atomic mass is 15.1. The van der Waals surface area contributed by atoms with Crippen molar-refractivity contribution in [3.8, 4) is 0 Å². The number of aromatic nitrogens is 2. The van der Waals surface area contributed by atoms with Crippen LogP contribution in [0.15, 0.2) is 42.6 Å². The maximum absolute atomic E-state index is 4.67. The van der Waals surface area contributed by atoms with E-state index in [-0.39, 0.29) is 0 Å². The van der Waals surface area contributed by atoms with E-state index in [9.17, 15) is 0 Å². The normalized spacial score (nSPS) is 10.9. The Morgan fingerprint density at radius 3 is 2.35 bits per heavy atom. The van der Waals surface area contributed by atoms with Crippen molar-refractivity contribution in [1.82, 2.24) is 9.97 Å². The second-order valence-electron chi connectivity index (χ2n) is 4.28. The van der Waals surface area contributed by atoms with E-state index >= 15 is 0 Å². The smallest absolute Gasteiger partial charge is 0.128 e. The van der Waals surface area contributed by atoms with Crippen LogP contribution in [-0.2, 0) is 0 Å². The maximum Gasteiger partial charge on any atom is 0.128 e. The van der Waals surface area contributed by atoms with Gasteiger partial charge in [0.15, 0.2) is 0 Å². The zero-order valence-electron chi connectivity index (χ0n) is 9.88. The van der Waals surface area contributed by atoms with Crippen LogP contribution in [0.3, 0.4) is 0 Å². The molecule has 3 nitrogen and oxygen atoms in total. The summed E-state index contributed by atoms with van der Waals surface area (Å²) < 4.78 is 0. The van der Waals surface area contributed by atoms with E-state index < -0.39 is 0 Å². The number of nitrogens with zero attached hydrogens (tertiary/aromatic N) is 3. The third kappa shape index (κ3) is 1.60. The van der Waals surface area contributed by atoms with E-state index in [1.165, 1.54) is 0 Å². The molecule has 0 radical (unpaired) electrons. The molecular weight excluding hydrogens is 210 g/mol. The van der Waals surface area contributed by atoms with Gasteiger partial charge in [0.2, 0.25) is 0 Å². The quantitative estimate of drug-likeness (QED) is 0.594. The molecule has 84 valence electrons. The van der Waals surface area contributed by atoms with Gasteiger partial charge in [0.1, 0.15) is 5.82 Å². The number of hydrogen-bond acceptors (Lipinski definition) is 3. The summed E-state index contributed by atoms with van der Waals surface area (Å²) in [5, 5.41) is 2.25. The summed E-state index contributed by atoms with van der Waals surface area (Å²) in [6, 6.07) is 12.3. The molecule has 0 bridgehead atoms. The molecule has 0 saturated heterocycles. The fourth-order valence-electron chi connectivity index (χ4n) is 1.96. The number of rotatable bonds is 1. The van der Waals surface area contributed by atoms with E-state index in [1.807, 2.05) is 37.3 Å². The van der Waals surface area contributed by atoms with Crippen molar-refractivity contribution >= 4 is 27.6 Å². The number of pyridine rings is 2. The van der Waals surface area contributed by atoms with Crippen LogP contribution in [0.25, 0.3) is 21.8 Å². The van der Waals surface area contributed by atoms with Crippen molar-refractivity contribution in [3.05, 3.63) is 42.6 Å². The maximum atomic E-state index is 4.67. The molecule has 0 unspecified atom stereocenters. The molecule has 0 aliphatic rings. The van der Waals surface area contributed by atoms with Crippen LogP contribution in [0.2, 0.25) is 0 Å². The average molecular weight is 223 g/mol. The highest BCUT2D eigenvalue weighted by molar-refractivity contribution is 6.03. The summed E-state index contributed by atoms with van der Waals surface area (Å²) in [6.07, 6.45) is 1.81. The van der Waals surface area contributed by atoms with Crippen molar-refractivity contribution in [2.75, 3.05) is 19.0 Å². The van der Waals surface area contributed by atoms with Crippen LogP contribution < -0.4 is 4.90 Å². The first-order chi connectivity index (χ1) is 8.25. The summed E-state index contributed by atoms with van der Waals surface area (Å²) in [5.41, 5.74) is 1.93. The first-order valence-electron chi connectivity index (χ1n) is 5.57. The molecule has 0 amide bonds. The number of fused-ring (bicyclic) bond motifs is 3. The van der Waals surface area contributed by atoms with Crippen molar-refractivity contribution in [2.24, 2.45) is 0 Å². The molecule has 0 spiro atoms. The Labute approximate surface area is 99.7 Å². The van der Waals surface area contributed by atoms with Crippen LogP contribution in [0, 0.1) is 0 Å². The van der Waals surface area contributed by atoms with Gasteiger partial charge in [-0.05, 0) is 18.2 Å². The van der Waals surface area contributed by atoms with Crippen LogP contribution in [0.4, 0.5) is 5.82 Å². The van der Waals surface area contributed by atoms with Gasteiger partial charge >= 0.3 is 0 Å². The highest BCUT2D eigenvalue weighted by Gasteiger charge is 2.04. The first kappa shape index (κ1) is 10.0. The fraction of sp³-hybridized carbons (Fsp3) is 0.143. The SMILES string of the molecule is CN(C)c1ccc2ccc3cccnc3c2n1. The van der Waals surface area contributed by atoms with Crippen LogP contribution in [0.5, 0.6) is 0 Å². The van der Waals surface area contributed by atoms with Gasteiger partial charge in [-0.1, -0.05) is 18.2 Å². The zero-order chi connectivity index (χ0) is 11.8. The molecule has 3 heteroatoms. The summed E-state index contributed by atoms with van der Waals surface area (Å²) in [7, 11) is 3.99. The van der Waals surface area contributed by atoms with Crippen LogP contribution in [-0.4, -0.2) is 24.1 Å². The van der Waals surface area contributed by atoms with Crippen molar-refractivity contribution in [3.63, 3.8) is 0 Å². The summed E-state index contributed by atoms with van der Waals surface area (Å²) in [4.78, 5) is 11.1. The molecule has 3 aromatic rings. The second kappa shape index (κ2) is 3.70. The molecule has 0 atom stereocenters. The minimum Gasteiger partial charge on any atom is -0.363 e. The molecule has 0 N–H and O–H groups in total. The predicted molar refractivity (Wildman–Crippen MR) is 71.4 cm³/mol. The van der Waals surface area contributed by atoms with Gasteiger partial charge in [0.25, 0.3) is 0 Å². The Balaban J connectivity index is 2.42. The molecule has 0 fully saturated rings. The molecule has 1 aromatic carbocycles. The van der Waals surface area contributed by atoms with Gasteiger partial charge in [0, 0.05) is 31.1 Å². The van der Waals surface area contributed by atoms with E-state index in [1.54, 1.807) is 0 Å². The van der Waals surface area contributed by atoms with Gasteiger partial charge in [-0.25, -0.2) is 4.98 Å². The van der Waals surface area contributed by atoms with E-state index in [2.05, 4.69) is 34.2 Å². The Bertz CT molecular complexity index is 689. The van der Waals surface area contributed by atoms with Crippen molar-refractivity contribution < 1.29 is 0 Å². The van der Waals surface area contributed by atoms with Crippen LogP contribution in [0.1, 0.15) is 0 Å². The van der Waals surface area contributed by atoms with Gasteiger partial charge in [-0.15, -0.1) is 0 Å². The summed E-state index contributed by atoms with van der Waals surface area (Å²) in [6.45, 7) is 0. The van der Waals surface area contributed by atoms with Gasteiger partial charge < -0.3 is 4.90 Å². The number of anilines is 1. The van der Waals surface area contributed by atoms with E-state index in [0.29, 0.717) is 0 Å². The van der Waals surface area contributed by atoms with Crippen molar-refractivity contribution in [2.45, 2.75) is 0 Å².